The zero-order chi connectivity index (χ0) is 18.7. The van der Waals surface area contributed by atoms with Gasteiger partial charge in [-0.3, -0.25) is 4.98 Å². The molecule has 128 valence electrons. The van der Waals surface area contributed by atoms with Gasteiger partial charge in [-0.05, 0) is 36.4 Å². The second-order valence-electron chi connectivity index (χ2n) is 5.28. The zero-order valence-corrected chi connectivity index (χ0v) is 13.4. The Hall–Kier alpha value is -3.92. The van der Waals surface area contributed by atoms with E-state index in [1.807, 2.05) is 0 Å². The molecule has 0 amide bonds. The van der Waals surface area contributed by atoms with Gasteiger partial charge in [0, 0.05) is 23.7 Å². The van der Waals surface area contributed by atoms with Crippen LogP contribution in [0.3, 0.4) is 0 Å². The Morgan fingerprint density at radius 2 is 1.88 bits per heavy atom. The van der Waals surface area contributed by atoms with E-state index in [9.17, 15) is 9.18 Å². The van der Waals surface area contributed by atoms with E-state index in [1.54, 1.807) is 30.6 Å². The molecule has 0 bridgehead atoms. The third-order valence-electron chi connectivity index (χ3n) is 3.58. The average Bonchev–Trinajstić information content (AvgIpc) is 2.66. The first-order valence-corrected chi connectivity index (χ1v) is 7.44. The normalized spacial score (nSPS) is 12.2. The molecular weight excluding hydrogens is 335 g/mol. The predicted octanol–water partition coefficient (Wildman–Crippen LogP) is 2.00. The maximum atomic E-state index is 13.7. The van der Waals surface area contributed by atoms with Crippen molar-refractivity contribution in [3.05, 3.63) is 82.1 Å². The zero-order valence-electron chi connectivity index (χ0n) is 13.4. The summed E-state index contributed by atoms with van der Waals surface area (Å²) in [5, 5.41) is -0.0232. The van der Waals surface area contributed by atoms with Crippen molar-refractivity contribution in [3.63, 3.8) is 0 Å². The van der Waals surface area contributed by atoms with Crippen molar-refractivity contribution >= 4 is 22.3 Å². The number of allylic oxidation sites excluding steroid dienone is 2. The second kappa shape index (κ2) is 6.91. The molecule has 7 heteroatoms. The molecule has 6 nitrogen and oxygen atoms in total. The molecule has 26 heavy (non-hydrogen) atoms. The van der Waals surface area contributed by atoms with Crippen molar-refractivity contribution in [1.29, 1.82) is 0 Å². The summed E-state index contributed by atoms with van der Waals surface area (Å²) in [5.41, 5.74) is 12.6. The minimum atomic E-state index is -0.769. The standard InChI is InChI=1S/C19H13FN4O2/c1-2-11-9-17-13(10-14(11)20)19(25)26-18(24-17)16(22)4-3-15(21)12-5-7-23-8-6-12/h1,3-10H,21-22H2/b15-3-,16-4-. The summed E-state index contributed by atoms with van der Waals surface area (Å²) in [7, 11) is 0. The van der Waals surface area contributed by atoms with Gasteiger partial charge >= 0.3 is 5.63 Å². The molecular formula is C19H13FN4O2. The highest BCUT2D eigenvalue weighted by molar-refractivity contribution is 5.80. The van der Waals surface area contributed by atoms with Gasteiger partial charge in [0.2, 0.25) is 5.89 Å². The van der Waals surface area contributed by atoms with E-state index in [1.165, 1.54) is 12.1 Å². The maximum Gasteiger partial charge on any atom is 0.347 e. The summed E-state index contributed by atoms with van der Waals surface area (Å²) in [5.74, 6) is 1.38. The van der Waals surface area contributed by atoms with Crippen LogP contribution in [0.15, 0.2) is 58.0 Å². The molecule has 0 aliphatic carbocycles. The average molecular weight is 348 g/mol. The number of hydrogen-bond donors (Lipinski definition) is 2. The number of nitrogens with two attached hydrogens (primary N) is 2. The first kappa shape index (κ1) is 16.9. The van der Waals surface area contributed by atoms with E-state index in [2.05, 4.69) is 15.9 Å². The first-order chi connectivity index (χ1) is 12.5. The Morgan fingerprint density at radius 3 is 2.58 bits per heavy atom. The van der Waals surface area contributed by atoms with E-state index in [0.29, 0.717) is 5.70 Å². The van der Waals surface area contributed by atoms with Gasteiger partial charge in [0.15, 0.2) is 0 Å². The summed E-state index contributed by atoms with van der Waals surface area (Å²) in [6.07, 6.45) is 11.5. The molecule has 0 saturated heterocycles. The quantitative estimate of drug-likeness (QED) is 0.554. The Kier molecular flexibility index (Phi) is 4.50. The van der Waals surface area contributed by atoms with Crippen molar-refractivity contribution < 1.29 is 8.81 Å². The molecule has 0 spiro atoms. The van der Waals surface area contributed by atoms with E-state index >= 15 is 0 Å². The number of rotatable bonds is 3. The highest BCUT2D eigenvalue weighted by atomic mass is 19.1. The molecule has 0 unspecified atom stereocenters. The van der Waals surface area contributed by atoms with Gasteiger partial charge in [0.1, 0.15) is 5.82 Å². The lowest BCUT2D eigenvalue weighted by Crippen LogP contribution is -2.09. The van der Waals surface area contributed by atoms with Crippen LogP contribution >= 0.6 is 0 Å². The fraction of sp³-hybridized carbons (Fsp3) is 0. The van der Waals surface area contributed by atoms with Crippen LogP contribution in [-0.4, -0.2) is 9.97 Å². The fourth-order valence-corrected chi connectivity index (χ4v) is 2.22. The topological polar surface area (TPSA) is 108 Å². The van der Waals surface area contributed by atoms with Crippen LogP contribution in [0.2, 0.25) is 0 Å². The molecule has 3 rings (SSSR count). The molecule has 2 heterocycles. The van der Waals surface area contributed by atoms with Crippen molar-refractivity contribution in [2.45, 2.75) is 0 Å². The molecule has 3 aromatic rings. The smallest absolute Gasteiger partial charge is 0.347 e. The van der Waals surface area contributed by atoms with E-state index in [0.717, 1.165) is 11.6 Å². The Labute approximate surface area is 147 Å². The molecule has 2 aromatic heterocycles. The van der Waals surface area contributed by atoms with Gasteiger partial charge in [-0.25, -0.2) is 14.2 Å². The van der Waals surface area contributed by atoms with E-state index in [-0.39, 0.29) is 28.1 Å². The highest BCUT2D eigenvalue weighted by Crippen LogP contribution is 2.17. The van der Waals surface area contributed by atoms with Gasteiger partial charge in [-0.15, -0.1) is 6.42 Å². The summed E-state index contributed by atoms with van der Waals surface area (Å²) in [6, 6.07) is 5.76. The van der Waals surface area contributed by atoms with Crippen LogP contribution in [0, 0.1) is 18.2 Å². The number of terminal acetylenes is 1. The number of nitrogens with zero attached hydrogens (tertiary/aromatic N) is 2. The summed E-state index contributed by atoms with van der Waals surface area (Å²) >= 11 is 0. The van der Waals surface area contributed by atoms with Crippen LogP contribution in [0.25, 0.3) is 22.3 Å². The summed E-state index contributed by atoms with van der Waals surface area (Å²) < 4.78 is 18.8. The third-order valence-corrected chi connectivity index (χ3v) is 3.58. The SMILES string of the molecule is C#Cc1cc2nc(/C(N)=C/C=C(\N)c3ccncc3)oc(=O)c2cc1F. The Morgan fingerprint density at radius 1 is 1.19 bits per heavy atom. The fourth-order valence-electron chi connectivity index (χ4n) is 2.22. The first-order valence-electron chi connectivity index (χ1n) is 7.44. The molecule has 1 aromatic carbocycles. The second-order valence-corrected chi connectivity index (χ2v) is 5.28. The van der Waals surface area contributed by atoms with Crippen LogP contribution < -0.4 is 17.1 Å². The van der Waals surface area contributed by atoms with Gasteiger partial charge in [-0.2, -0.15) is 0 Å². The summed E-state index contributed by atoms with van der Waals surface area (Å²) in [4.78, 5) is 20.1. The highest BCUT2D eigenvalue weighted by Gasteiger charge is 2.11. The number of halogens is 1. The number of pyridine rings is 1. The van der Waals surface area contributed by atoms with Gasteiger partial charge in [0.25, 0.3) is 0 Å². The monoisotopic (exact) mass is 348 g/mol. The van der Waals surface area contributed by atoms with Gasteiger partial charge < -0.3 is 15.9 Å². The molecule has 0 atom stereocenters. The molecule has 4 N–H and O–H groups in total. The predicted molar refractivity (Wildman–Crippen MR) is 96.7 cm³/mol. The van der Waals surface area contributed by atoms with Crippen LogP contribution in [0.4, 0.5) is 4.39 Å². The number of fused-ring (bicyclic) bond motifs is 1. The van der Waals surface area contributed by atoms with Crippen LogP contribution in [-0.2, 0) is 0 Å². The van der Waals surface area contributed by atoms with Crippen molar-refractivity contribution in [3.8, 4) is 12.3 Å². The minimum Gasteiger partial charge on any atom is -0.401 e. The summed E-state index contributed by atoms with van der Waals surface area (Å²) in [6.45, 7) is 0. The number of aromatic nitrogens is 2. The van der Waals surface area contributed by atoms with Crippen LogP contribution in [0.1, 0.15) is 17.0 Å². The molecule has 0 aliphatic rings. The molecule has 0 fully saturated rings. The lowest BCUT2D eigenvalue weighted by Gasteiger charge is -2.03. The largest absolute Gasteiger partial charge is 0.401 e. The van der Waals surface area contributed by atoms with Crippen LogP contribution in [0.5, 0.6) is 0 Å². The van der Waals surface area contributed by atoms with Crippen molar-refractivity contribution in [1.82, 2.24) is 9.97 Å². The van der Waals surface area contributed by atoms with Crippen molar-refractivity contribution in [2.24, 2.45) is 11.5 Å². The lowest BCUT2D eigenvalue weighted by molar-refractivity contribution is 0.485. The molecule has 0 aliphatic heterocycles. The molecule has 0 radical (unpaired) electrons. The molecule has 0 saturated carbocycles. The van der Waals surface area contributed by atoms with Crippen molar-refractivity contribution in [2.75, 3.05) is 0 Å². The Bertz CT molecular complexity index is 1140. The van der Waals surface area contributed by atoms with E-state index in [4.69, 9.17) is 22.3 Å². The lowest BCUT2D eigenvalue weighted by atomic mass is 10.1. The number of hydrogen-bond acceptors (Lipinski definition) is 6. The van der Waals surface area contributed by atoms with Gasteiger partial charge in [-0.1, -0.05) is 5.92 Å². The number of benzene rings is 1. The van der Waals surface area contributed by atoms with Gasteiger partial charge in [0.05, 0.1) is 22.2 Å². The minimum absolute atomic E-state index is 0.00840. The Balaban J connectivity index is 2.03. The van der Waals surface area contributed by atoms with E-state index < -0.39 is 11.4 Å². The third kappa shape index (κ3) is 3.30. The maximum absolute atomic E-state index is 13.7.